The number of nitrogens with zero attached hydrogens (tertiary/aromatic N) is 1. The molecule has 0 radical (unpaired) electrons. The Balaban J connectivity index is 1.43. The largest absolute Gasteiger partial charge is 0.471 e. The Hall–Kier alpha value is -2.86. The van der Waals surface area contributed by atoms with E-state index in [4.69, 9.17) is 5.73 Å². The van der Waals surface area contributed by atoms with E-state index in [2.05, 4.69) is 10.6 Å². The monoisotopic (exact) mass is 569 g/mol. The highest BCUT2D eigenvalue weighted by Gasteiger charge is 2.73. The van der Waals surface area contributed by atoms with Gasteiger partial charge in [0.05, 0.1) is 0 Å². The lowest BCUT2D eigenvalue weighted by atomic mass is 9.78. The zero-order valence-corrected chi connectivity index (χ0v) is 23.0. The molecule has 8 atom stereocenters. The normalized spacial score (nSPS) is 33.4. The van der Waals surface area contributed by atoms with Gasteiger partial charge in [-0.15, -0.1) is 0 Å². The molecule has 5 N–H and O–H groups in total. The van der Waals surface area contributed by atoms with Crippen LogP contribution < -0.4 is 21.7 Å². The van der Waals surface area contributed by atoms with Gasteiger partial charge in [-0.2, -0.15) is 13.2 Å². The van der Waals surface area contributed by atoms with Crippen molar-refractivity contribution < 1.29 is 37.1 Å². The summed E-state index contributed by atoms with van der Waals surface area (Å²) >= 11 is 0. The third-order valence-corrected chi connectivity index (χ3v) is 10.2. The van der Waals surface area contributed by atoms with E-state index in [1.54, 1.807) is 20.8 Å². The number of hydrogen-bond donors (Lipinski definition) is 4. The van der Waals surface area contributed by atoms with Crippen LogP contribution in [0.3, 0.4) is 0 Å². The molecule has 2 heterocycles. The Morgan fingerprint density at radius 1 is 1.07 bits per heavy atom. The van der Waals surface area contributed by atoms with E-state index in [-0.39, 0.29) is 42.0 Å². The first-order chi connectivity index (χ1) is 18.6. The minimum atomic E-state index is -5.18. The lowest BCUT2D eigenvalue weighted by Crippen LogP contribution is -2.61. The summed E-state index contributed by atoms with van der Waals surface area (Å²) in [6.07, 6.45) is -0.654. The molecule has 0 aromatic rings. The third kappa shape index (κ3) is 4.72. The number of fused-ring (bicyclic) bond motifs is 3. The van der Waals surface area contributed by atoms with E-state index >= 15 is 0 Å². The van der Waals surface area contributed by atoms with Gasteiger partial charge in [0.25, 0.3) is 0 Å². The van der Waals surface area contributed by atoms with Gasteiger partial charge < -0.3 is 26.6 Å². The van der Waals surface area contributed by atoms with Crippen molar-refractivity contribution in [3.63, 3.8) is 0 Å². The summed E-state index contributed by atoms with van der Waals surface area (Å²) < 4.78 is 39.5. The first-order valence-corrected chi connectivity index (χ1v) is 14.1. The van der Waals surface area contributed by atoms with Gasteiger partial charge in [-0.3, -0.25) is 24.0 Å². The molecule has 5 aliphatic rings. The molecule has 0 unspecified atom stereocenters. The van der Waals surface area contributed by atoms with Crippen molar-refractivity contribution in [2.75, 3.05) is 13.1 Å². The number of rotatable bonds is 7. The Morgan fingerprint density at radius 3 is 2.25 bits per heavy atom. The van der Waals surface area contributed by atoms with Gasteiger partial charge in [0.15, 0.2) is 0 Å². The summed E-state index contributed by atoms with van der Waals surface area (Å²) in [5, 5.41) is 7.26. The summed E-state index contributed by atoms with van der Waals surface area (Å²) in [4.78, 5) is 65.6. The minimum absolute atomic E-state index is 0.00697. The Kier molecular flexibility index (Phi) is 6.89. The molecule has 40 heavy (non-hydrogen) atoms. The van der Waals surface area contributed by atoms with Gasteiger partial charge >= 0.3 is 12.1 Å². The molecule has 3 saturated carbocycles. The molecule has 0 aromatic heterocycles. The van der Waals surface area contributed by atoms with Crippen LogP contribution in [0.25, 0.3) is 0 Å². The van der Waals surface area contributed by atoms with E-state index in [1.807, 2.05) is 5.32 Å². The molecule has 5 rings (SSSR count). The zero-order valence-electron chi connectivity index (χ0n) is 23.0. The smallest absolute Gasteiger partial charge is 0.368 e. The SMILES string of the molecule is CC(C)(C)[C@H](NC(=O)C(F)(F)F)C(=O)N1C[C@H]2[C@@H]([C@H]1C(=O)N[C@@H](C[C@@H]1CCNC1=O)C(N)=O)[C@H]1CC[C@@H]2C12CC2. The maximum atomic E-state index is 14.0. The summed E-state index contributed by atoms with van der Waals surface area (Å²) in [6.45, 7) is 5.32. The molecule has 5 amide bonds. The van der Waals surface area contributed by atoms with Crippen molar-refractivity contribution in [3.05, 3.63) is 0 Å². The molecule has 10 nitrogen and oxygen atoms in total. The number of primary amides is 1. The Labute approximate surface area is 230 Å². The standard InChI is InChI=1S/C27H38F3N5O5/c1-25(2,3)19(34-24(40)27(28,29)30)23(39)35-11-13-14-4-5-15(26(14)7-8-26)17(13)18(35)22(38)33-16(20(31)36)10-12-6-9-32-21(12)37/h12-19H,4-11H2,1-3H3,(H2,31,36)(H,32,37)(H,33,38)(H,34,40)/t12-,13+,14-,15+,16-,17+,18-,19+/m0/s1. The highest BCUT2D eigenvalue weighted by molar-refractivity contribution is 5.96. The molecule has 2 bridgehead atoms. The zero-order chi connectivity index (χ0) is 29.4. The minimum Gasteiger partial charge on any atom is -0.368 e. The number of halogens is 3. The fourth-order valence-electron chi connectivity index (χ4n) is 8.36. The van der Waals surface area contributed by atoms with Crippen molar-refractivity contribution in [2.24, 2.45) is 46.2 Å². The Morgan fingerprint density at radius 2 is 1.73 bits per heavy atom. The fraction of sp³-hybridized carbons (Fsp3) is 0.815. The molecule has 0 aromatic carbocycles. The highest BCUT2D eigenvalue weighted by atomic mass is 19.4. The van der Waals surface area contributed by atoms with Crippen molar-refractivity contribution in [1.29, 1.82) is 0 Å². The molecular formula is C27H38F3N5O5. The van der Waals surface area contributed by atoms with Crippen molar-refractivity contribution in [2.45, 2.75) is 83.6 Å². The maximum absolute atomic E-state index is 14.0. The van der Waals surface area contributed by atoms with E-state index in [0.29, 0.717) is 18.9 Å². The van der Waals surface area contributed by atoms with E-state index < -0.39 is 59.3 Å². The van der Waals surface area contributed by atoms with Crippen molar-refractivity contribution in [1.82, 2.24) is 20.9 Å². The lowest BCUT2D eigenvalue weighted by molar-refractivity contribution is -0.176. The second kappa shape index (κ2) is 9.61. The van der Waals surface area contributed by atoms with Crippen LogP contribution in [0.1, 0.15) is 59.3 Å². The molecule has 222 valence electrons. The van der Waals surface area contributed by atoms with E-state index in [1.165, 1.54) is 4.90 Å². The highest BCUT2D eigenvalue weighted by Crippen LogP contribution is 2.76. The second-order valence-electron chi connectivity index (χ2n) is 13.4. The summed E-state index contributed by atoms with van der Waals surface area (Å²) in [6, 6.07) is -3.69. The number of alkyl halides is 3. The number of carbonyl (C=O) groups excluding carboxylic acids is 5. The van der Waals surface area contributed by atoms with E-state index in [0.717, 1.165) is 25.7 Å². The summed E-state index contributed by atoms with van der Waals surface area (Å²) in [7, 11) is 0. The molecular weight excluding hydrogens is 531 g/mol. The number of nitrogens with one attached hydrogen (secondary N) is 3. The predicted octanol–water partition coefficient (Wildman–Crippen LogP) is 0.839. The van der Waals surface area contributed by atoms with Crippen LogP contribution in [0.4, 0.5) is 13.2 Å². The number of hydrogen-bond acceptors (Lipinski definition) is 5. The van der Waals surface area contributed by atoms with Gasteiger partial charge in [0, 0.05) is 19.0 Å². The third-order valence-electron chi connectivity index (χ3n) is 10.2. The van der Waals surface area contributed by atoms with Crippen molar-refractivity contribution in [3.8, 4) is 0 Å². The average molecular weight is 570 g/mol. The molecule has 2 aliphatic heterocycles. The van der Waals surface area contributed by atoms with Crippen molar-refractivity contribution >= 4 is 29.5 Å². The van der Waals surface area contributed by atoms with Crippen LogP contribution in [0.2, 0.25) is 0 Å². The fourth-order valence-corrected chi connectivity index (χ4v) is 8.36. The predicted molar refractivity (Wildman–Crippen MR) is 135 cm³/mol. The van der Waals surface area contributed by atoms with Gasteiger partial charge in [-0.1, -0.05) is 20.8 Å². The quantitative estimate of drug-likeness (QED) is 0.358. The molecule has 3 aliphatic carbocycles. The van der Waals surface area contributed by atoms with Crippen LogP contribution in [0.15, 0.2) is 0 Å². The van der Waals surface area contributed by atoms with Gasteiger partial charge in [0.2, 0.25) is 23.6 Å². The number of amides is 5. The number of carbonyl (C=O) groups is 5. The maximum Gasteiger partial charge on any atom is 0.471 e. The average Bonchev–Trinajstić information content (AvgIpc) is 3.09. The van der Waals surface area contributed by atoms with Gasteiger partial charge in [0.1, 0.15) is 18.1 Å². The summed E-state index contributed by atoms with van der Waals surface area (Å²) in [5.41, 5.74) is 4.67. The lowest BCUT2D eigenvalue weighted by Gasteiger charge is -2.37. The van der Waals surface area contributed by atoms with Gasteiger partial charge in [-0.25, -0.2) is 0 Å². The van der Waals surface area contributed by atoms with Gasteiger partial charge in [-0.05, 0) is 73.0 Å². The molecule has 1 spiro atoms. The number of likely N-dealkylation sites (tertiary alicyclic amines) is 1. The van der Waals surface area contributed by atoms with Crippen LogP contribution in [-0.2, 0) is 24.0 Å². The second-order valence-corrected chi connectivity index (χ2v) is 13.4. The van der Waals surface area contributed by atoms with Crippen LogP contribution in [-0.4, -0.2) is 71.8 Å². The van der Waals surface area contributed by atoms with E-state index in [9.17, 15) is 37.1 Å². The molecule has 5 fully saturated rings. The van der Waals surface area contributed by atoms with Crippen LogP contribution in [0, 0.1) is 40.4 Å². The summed E-state index contributed by atoms with van der Waals surface area (Å²) in [5.74, 6) is -4.78. The Bertz CT molecular complexity index is 1120. The first kappa shape index (κ1) is 28.7. The molecule has 2 saturated heterocycles. The topological polar surface area (TPSA) is 151 Å². The number of nitrogens with two attached hydrogens (primary N) is 1. The first-order valence-electron chi connectivity index (χ1n) is 14.1. The van der Waals surface area contributed by atoms with Crippen LogP contribution >= 0.6 is 0 Å². The van der Waals surface area contributed by atoms with Crippen LogP contribution in [0.5, 0.6) is 0 Å². The molecule has 13 heteroatoms.